The Morgan fingerprint density at radius 2 is 1.76 bits per heavy atom. The molecule has 2 aromatic rings. The average molecular weight is 377 g/mol. The molecule has 1 aliphatic heterocycles. The SMILES string of the molecule is CSc1cccc(NC(=O)c2ccc(S(=O)(=O)N3CCCC3)cc2)c1. The Morgan fingerprint density at radius 3 is 2.40 bits per heavy atom. The van der Waals surface area contributed by atoms with E-state index in [-0.39, 0.29) is 10.8 Å². The van der Waals surface area contributed by atoms with E-state index in [1.165, 1.54) is 16.4 Å². The van der Waals surface area contributed by atoms with Gasteiger partial charge in [-0.25, -0.2) is 8.42 Å². The fourth-order valence-electron chi connectivity index (χ4n) is 2.76. The van der Waals surface area contributed by atoms with E-state index in [2.05, 4.69) is 5.32 Å². The maximum atomic E-state index is 12.5. The molecule has 132 valence electrons. The molecule has 0 aromatic heterocycles. The lowest BCUT2D eigenvalue weighted by atomic mass is 10.2. The van der Waals surface area contributed by atoms with Gasteiger partial charge in [-0.1, -0.05) is 6.07 Å². The van der Waals surface area contributed by atoms with Gasteiger partial charge in [-0.15, -0.1) is 11.8 Å². The number of rotatable bonds is 5. The number of nitrogens with zero attached hydrogens (tertiary/aromatic N) is 1. The fourth-order valence-corrected chi connectivity index (χ4v) is 4.74. The van der Waals surface area contributed by atoms with E-state index in [9.17, 15) is 13.2 Å². The van der Waals surface area contributed by atoms with Crippen molar-refractivity contribution >= 4 is 33.4 Å². The van der Waals surface area contributed by atoms with Crippen LogP contribution in [0, 0.1) is 0 Å². The number of carbonyl (C=O) groups is 1. The van der Waals surface area contributed by atoms with Crippen LogP contribution in [0.1, 0.15) is 23.2 Å². The number of amides is 1. The van der Waals surface area contributed by atoms with E-state index < -0.39 is 10.0 Å². The number of anilines is 1. The summed E-state index contributed by atoms with van der Waals surface area (Å²) in [5, 5.41) is 2.83. The summed E-state index contributed by atoms with van der Waals surface area (Å²) in [6, 6.07) is 13.7. The Morgan fingerprint density at radius 1 is 1.08 bits per heavy atom. The molecule has 1 aliphatic rings. The summed E-state index contributed by atoms with van der Waals surface area (Å²) < 4.78 is 26.5. The number of nitrogens with one attached hydrogen (secondary N) is 1. The maximum absolute atomic E-state index is 12.5. The first-order valence-corrected chi connectivity index (χ1v) is 10.7. The zero-order valence-electron chi connectivity index (χ0n) is 13.9. The summed E-state index contributed by atoms with van der Waals surface area (Å²) >= 11 is 1.60. The number of thioether (sulfide) groups is 1. The second-order valence-corrected chi connectivity index (χ2v) is 8.64. The van der Waals surface area contributed by atoms with Crippen molar-refractivity contribution in [2.75, 3.05) is 24.7 Å². The van der Waals surface area contributed by atoms with Gasteiger partial charge in [-0.05, 0) is 61.6 Å². The van der Waals surface area contributed by atoms with Crippen molar-refractivity contribution < 1.29 is 13.2 Å². The van der Waals surface area contributed by atoms with Crippen LogP contribution in [-0.4, -0.2) is 38.0 Å². The number of hydrogen-bond acceptors (Lipinski definition) is 4. The van der Waals surface area contributed by atoms with E-state index in [1.807, 2.05) is 30.5 Å². The third-order valence-corrected chi connectivity index (χ3v) is 6.79. The highest BCUT2D eigenvalue weighted by Crippen LogP contribution is 2.22. The topological polar surface area (TPSA) is 66.5 Å². The zero-order valence-corrected chi connectivity index (χ0v) is 15.6. The normalized spacial score (nSPS) is 15.2. The van der Waals surface area contributed by atoms with Gasteiger partial charge in [0, 0.05) is 29.2 Å². The summed E-state index contributed by atoms with van der Waals surface area (Å²) in [6.07, 6.45) is 3.77. The van der Waals surface area contributed by atoms with Crippen LogP contribution in [0.25, 0.3) is 0 Å². The van der Waals surface area contributed by atoms with Gasteiger partial charge in [0.05, 0.1) is 4.90 Å². The molecular weight excluding hydrogens is 356 g/mol. The third kappa shape index (κ3) is 4.05. The van der Waals surface area contributed by atoms with Crippen molar-refractivity contribution in [3.05, 3.63) is 54.1 Å². The van der Waals surface area contributed by atoms with Crippen LogP contribution in [0.2, 0.25) is 0 Å². The predicted molar refractivity (Wildman–Crippen MR) is 101 cm³/mol. The van der Waals surface area contributed by atoms with E-state index in [0.29, 0.717) is 24.3 Å². The standard InChI is InChI=1S/C18H20N2O3S2/c1-24-16-6-4-5-15(13-16)19-18(21)14-7-9-17(10-8-14)25(22,23)20-11-2-3-12-20/h4-10,13H,2-3,11-12H2,1H3,(H,19,21). The van der Waals surface area contributed by atoms with Crippen LogP contribution in [-0.2, 0) is 10.0 Å². The molecule has 0 unspecified atom stereocenters. The number of carbonyl (C=O) groups excluding carboxylic acids is 1. The van der Waals surface area contributed by atoms with Crippen LogP contribution in [0.3, 0.4) is 0 Å². The second-order valence-electron chi connectivity index (χ2n) is 5.82. The van der Waals surface area contributed by atoms with Gasteiger partial charge in [0.15, 0.2) is 0 Å². The van der Waals surface area contributed by atoms with Crippen molar-refractivity contribution in [1.82, 2.24) is 4.31 Å². The monoisotopic (exact) mass is 376 g/mol. The minimum absolute atomic E-state index is 0.232. The zero-order chi connectivity index (χ0) is 17.9. The summed E-state index contributed by atoms with van der Waals surface area (Å²) in [6.45, 7) is 1.13. The molecule has 5 nitrogen and oxygen atoms in total. The largest absolute Gasteiger partial charge is 0.322 e. The Bertz CT molecular complexity index is 858. The average Bonchev–Trinajstić information content (AvgIpc) is 3.17. The summed E-state index contributed by atoms with van der Waals surface area (Å²) in [5.41, 5.74) is 1.14. The predicted octanol–water partition coefficient (Wildman–Crippen LogP) is 3.45. The highest BCUT2D eigenvalue weighted by Gasteiger charge is 2.27. The van der Waals surface area contributed by atoms with Crippen molar-refractivity contribution in [1.29, 1.82) is 0 Å². The molecule has 0 spiro atoms. The Balaban J connectivity index is 1.74. The first kappa shape index (κ1) is 18.0. The van der Waals surface area contributed by atoms with E-state index in [1.54, 1.807) is 23.9 Å². The number of hydrogen-bond donors (Lipinski definition) is 1. The smallest absolute Gasteiger partial charge is 0.255 e. The van der Waals surface area contributed by atoms with Crippen molar-refractivity contribution in [3.63, 3.8) is 0 Å². The van der Waals surface area contributed by atoms with Gasteiger partial charge < -0.3 is 5.32 Å². The minimum Gasteiger partial charge on any atom is -0.322 e. The van der Waals surface area contributed by atoms with Gasteiger partial charge in [-0.2, -0.15) is 4.31 Å². The van der Waals surface area contributed by atoms with Gasteiger partial charge in [0.2, 0.25) is 10.0 Å². The van der Waals surface area contributed by atoms with Crippen LogP contribution in [0.5, 0.6) is 0 Å². The Hall–Kier alpha value is -1.83. The lowest BCUT2D eigenvalue weighted by molar-refractivity contribution is 0.102. The molecule has 7 heteroatoms. The van der Waals surface area contributed by atoms with Gasteiger partial charge in [0.25, 0.3) is 5.91 Å². The quantitative estimate of drug-likeness (QED) is 0.812. The molecule has 0 atom stereocenters. The molecule has 0 bridgehead atoms. The molecule has 1 N–H and O–H groups in total. The van der Waals surface area contributed by atoms with Gasteiger partial charge in [-0.3, -0.25) is 4.79 Å². The minimum atomic E-state index is -3.45. The summed E-state index contributed by atoms with van der Waals surface area (Å²) in [5.74, 6) is -0.261. The van der Waals surface area contributed by atoms with E-state index in [0.717, 1.165) is 17.7 Å². The fraction of sp³-hybridized carbons (Fsp3) is 0.278. The van der Waals surface area contributed by atoms with Crippen molar-refractivity contribution in [2.24, 2.45) is 0 Å². The first-order chi connectivity index (χ1) is 12.0. The van der Waals surface area contributed by atoms with Crippen LogP contribution in [0.15, 0.2) is 58.3 Å². The van der Waals surface area contributed by atoms with Crippen molar-refractivity contribution in [2.45, 2.75) is 22.6 Å². The Kier molecular flexibility index (Phi) is 5.46. The molecule has 0 saturated carbocycles. The lowest BCUT2D eigenvalue weighted by Crippen LogP contribution is -2.27. The van der Waals surface area contributed by atoms with E-state index >= 15 is 0 Å². The molecule has 1 heterocycles. The summed E-state index contributed by atoms with van der Waals surface area (Å²) in [4.78, 5) is 13.6. The molecule has 25 heavy (non-hydrogen) atoms. The molecule has 1 fully saturated rings. The highest BCUT2D eigenvalue weighted by molar-refractivity contribution is 7.98. The number of sulfonamides is 1. The van der Waals surface area contributed by atoms with Crippen LogP contribution >= 0.6 is 11.8 Å². The highest BCUT2D eigenvalue weighted by atomic mass is 32.2. The van der Waals surface area contributed by atoms with Crippen LogP contribution in [0.4, 0.5) is 5.69 Å². The Labute approximate surface area is 152 Å². The molecule has 1 saturated heterocycles. The van der Waals surface area contributed by atoms with Gasteiger partial charge in [0.1, 0.15) is 0 Å². The lowest BCUT2D eigenvalue weighted by Gasteiger charge is -2.15. The van der Waals surface area contributed by atoms with Crippen molar-refractivity contribution in [3.8, 4) is 0 Å². The van der Waals surface area contributed by atoms with Crippen LogP contribution < -0.4 is 5.32 Å². The molecular formula is C18H20N2O3S2. The molecule has 0 aliphatic carbocycles. The second kappa shape index (κ2) is 7.59. The molecule has 2 aromatic carbocycles. The number of benzene rings is 2. The maximum Gasteiger partial charge on any atom is 0.255 e. The first-order valence-electron chi connectivity index (χ1n) is 8.06. The van der Waals surface area contributed by atoms with Gasteiger partial charge >= 0.3 is 0 Å². The molecule has 1 amide bonds. The summed E-state index contributed by atoms with van der Waals surface area (Å²) in [7, 11) is -3.45. The third-order valence-electron chi connectivity index (χ3n) is 4.15. The molecule has 0 radical (unpaired) electrons. The van der Waals surface area contributed by atoms with E-state index in [4.69, 9.17) is 0 Å². The molecule has 3 rings (SSSR count).